The van der Waals surface area contributed by atoms with Gasteiger partial charge >= 0.3 is 6.09 Å². The van der Waals surface area contributed by atoms with Gasteiger partial charge in [-0.05, 0) is 66.0 Å². The molecule has 1 aliphatic rings. The molecule has 2 aromatic carbocycles. The minimum Gasteiger partial charge on any atom is -0.507 e. The highest BCUT2D eigenvalue weighted by Gasteiger charge is 2.33. The molecule has 0 aliphatic carbocycles. The summed E-state index contributed by atoms with van der Waals surface area (Å²) in [6.07, 6.45) is 1.79. The highest BCUT2D eigenvalue weighted by molar-refractivity contribution is 5.97. The number of azide groups is 1. The second-order valence-electron chi connectivity index (χ2n) is 7.57. The van der Waals surface area contributed by atoms with Crippen molar-refractivity contribution in [3.8, 4) is 16.9 Å². The smallest absolute Gasteiger partial charge is 0.414 e. The van der Waals surface area contributed by atoms with Crippen LogP contribution in [0, 0.1) is 12.7 Å². The number of cyclic esters (lactones) is 1. The van der Waals surface area contributed by atoms with Crippen LogP contribution in [0.4, 0.5) is 20.6 Å². The highest BCUT2D eigenvalue weighted by atomic mass is 19.1. The number of phenols is 1. The van der Waals surface area contributed by atoms with Crippen molar-refractivity contribution in [2.45, 2.75) is 13.0 Å². The molecule has 0 bridgehead atoms. The summed E-state index contributed by atoms with van der Waals surface area (Å²) in [5.41, 5.74) is 10.6. The lowest BCUT2D eigenvalue weighted by atomic mass is 10.1. The van der Waals surface area contributed by atoms with E-state index in [2.05, 4.69) is 20.3 Å². The lowest BCUT2D eigenvalue weighted by Gasteiger charge is -2.15. The van der Waals surface area contributed by atoms with Crippen LogP contribution < -0.4 is 10.2 Å². The van der Waals surface area contributed by atoms with Gasteiger partial charge in [0.2, 0.25) is 0 Å². The van der Waals surface area contributed by atoms with Crippen LogP contribution in [0.25, 0.3) is 21.6 Å². The molecule has 1 fully saturated rings. The van der Waals surface area contributed by atoms with Gasteiger partial charge < -0.3 is 15.2 Å². The number of pyridine rings is 1. The Morgan fingerprint density at radius 2 is 2.09 bits per heavy atom. The number of benzene rings is 2. The number of phenolic OH excluding ortho intramolecular Hbond substituents is 1. The van der Waals surface area contributed by atoms with Crippen LogP contribution in [0.1, 0.15) is 15.9 Å². The van der Waals surface area contributed by atoms with Gasteiger partial charge in [0.25, 0.3) is 5.91 Å². The molecule has 1 aromatic heterocycles. The standard InChI is InChI=1S/C23H19FN6O4/c1-13-8-18(21(31)10-20(13)28-29-25)22(32)27-11-16-12-30(23(33)34-16)15-2-3-17(19(24)9-15)14-4-6-26-7-5-14/h2-10,16,31H,11-12H2,1H3,(H,27,32). The molecule has 1 saturated heterocycles. The van der Waals surface area contributed by atoms with Gasteiger partial charge in [-0.15, -0.1) is 0 Å². The van der Waals surface area contributed by atoms with Gasteiger partial charge in [-0.25, -0.2) is 9.18 Å². The molecule has 0 spiro atoms. The van der Waals surface area contributed by atoms with Gasteiger partial charge in [-0.3, -0.25) is 14.7 Å². The summed E-state index contributed by atoms with van der Waals surface area (Å²) >= 11 is 0. The molecule has 11 heteroatoms. The molecule has 10 nitrogen and oxygen atoms in total. The molecule has 1 aliphatic heterocycles. The normalized spacial score (nSPS) is 14.9. The Morgan fingerprint density at radius 3 is 2.79 bits per heavy atom. The lowest BCUT2D eigenvalue weighted by Crippen LogP contribution is -2.34. The zero-order valence-corrected chi connectivity index (χ0v) is 18.0. The number of halogens is 1. The largest absolute Gasteiger partial charge is 0.507 e. The van der Waals surface area contributed by atoms with Crippen LogP contribution in [0.2, 0.25) is 0 Å². The number of rotatable bonds is 6. The summed E-state index contributed by atoms with van der Waals surface area (Å²) in [5, 5.41) is 16.1. The van der Waals surface area contributed by atoms with Gasteiger partial charge in [-0.1, -0.05) is 5.11 Å². The van der Waals surface area contributed by atoms with Crippen LogP contribution >= 0.6 is 0 Å². The minimum atomic E-state index is -0.676. The van der Waals surface area contributed by atoms with E-state index < -0.39 is 23.9 Å². The third kappa shape index (κ3) is 4.59. The number of amides is 2. The fourth-order valence-electron chi connectivity index (χ4n) is 3.60. The average Bonchev–Trinajstić information content (AvgIpc) is 3.20. The highest BCUT2D eigenvalue weighted by Crippen LogP contribution is 2.30. The number of hydrogen-bond acceptors (Lipinski definition) is 6. The van der Waals surface area contributed by atoms with Crippen molar-refractivity contribution in [2.24, 2.45) is 5.11 Å². The first-order chi connectivity index (χ1) is 16.4. The van der Waals surface area contributed by atoms with Gasteiger partial charge in [0.15, 0.2) is 0 Å². The van der Waals surface area contributed by atoms with E-state index in [4.69, 9.17) is 10.3 Å². The van der Waals surface area contributed by atoms with Crippen molar-refractivity contribution >= 4 is 23.4 Å². The van der Waals surface area contributed by atoms with Crippen molar-refractivity contribution in [3.05, 3.63) is 82.2 Å². The number of ether oxygens (including phenoxy) is 1. The Hall–Kier alpha value is -4.63. The summed E-state index contributed by atoms with van der Waals surface area (Å²) in [6, 6.07) is 10.4. The number of nitrogens with zero attached hydrogens (tertiary/aromatic N) is 5. The fraction of sp³-hybridized carbons (Fsp3) is 0.174. The molecule has 4 rings (SSSR count). The maximum atomic E-state index is 14.7. The van der Waals surface area contributed by atoms with Gasteiger partial charge in [0.05, 0.1) is 24.3 Å². The van der Waals surface area contributed by atoms with E-state index in [-0.39, 0.29) is 30.1 Å². The first-order valence-corrected chi connectivity index (χ1v) is 10.2. The third-order valence-electron chi connectivity index (χ3n) is 5.33. The summed E-state index contributed by atoms with van der Waals surface area (Å²) in [7, 11) is 0. The van der Waals surface area contributed by atoms with Crippen molar-refractivity contribution < 1.29 is 23.8 Å². The monoisotopic (exact) mass is 462 g/mol. The number of aryl methyl sites for hydroxylation is 1. The number of aromatic hydroxyl groups is 1. The van der Waals surface area contributed by atoms with Crippen LogP contribution in [0.5, 0.6) is 5.75 Å². The van der Waals surface area contributed by atoms with E-state index in [0.29, 0.717) is 22.4 Å². The SMILES string of the molecule is Cc1cc(C(=O)NCC2CN(c3ccc(-c4ccncc4)c(F)c3)C(=O)O2)c(O)cc1N=[N+]=[N-]. The average molecular weight is 462 g/mol. The Labute approximate surface area is 193 Å². The third-order valence-corrected chi connectivity index (χ3v) is 5.33. The Bertz CT molecular complexity index is 1310. The number of carbonyl (C=O) groups excluding carboxylic acids is 2. The van der Waals surface area contributed by atoms with Crippen molar-refractivity contribution in [2.75, 3.05) is 18.0 Å². The number of hydrogen-bond donors (Lipinski definition) is 2. The molecule has 2 heterocycles. The van der Waals surface area contributed by atoms with E-state index in [0.717, 1.165) is 0 Å². The zero-order chi connectivity index (χ0) is 24.2. The van der Waals surface area contributed by atoms with Crippen LogP contribution in [-0.4, -0.2) is 41.3 Å². The Kier molecular flexibility index (Phi) is 6.28. The fourth-order valence-corrected chi connectivity index (χ4v) is 3.60. The van der Waals surface area contributed by atoms with Crippen LogP contribution in [-0.2, 0) is 4.74 Å². The molecular formula is C23H19FN6O4. The van der Waals surface area contributed by atoms with Crippen LogP contribution in [0.15, 0.2) is 60.0 Å². The summed E-state index contributed by atoms with van der Waals surface area (Å²) < 4.78 is 20.0. The molecule has 34 heavy (non-hydrogen) atoms. The zero-order valence-electron chi connectivity index (χ0n) is 18.0. The second kappa shape index (κ2) is 9.47. The van der Waals surface area contributed by atoms with Crippen LogP contribution in [0.3, 0.4) is 0 Å². The van der Waals surface area contributed by atoms with E-state index in [9.17, 15) is 19.1 Å². The summed E-state index contributed by atoms with van der Waals surface area (Å²) in [5.74, 6) is -1.43. The molecular weight excluding hydrogens is 443 g/mol. The number of carbonyl (C=O) groups is 2. The van der Waals surface area contributed by atoms with Gasteiger partial charge in [0.1, 0.15) is 17.7 Å². The number of aromatic nitrogens is 1. The van der Waals surface area contributed by atoms with Crippen molar-refractivity contribution in [1.82, 2.24) is 10.3 Å². The Morgan fingerprint density at radius 1 is 1.32 bits per heavy atom. The number of anilines is 1. The van der Waals surface area contributed by atoms with E-state index >= 15 is 0 Å². The summed E-state index contributed by atoms with van der Waals surface area (Å²) in [6.45, 7) is 1.72. The maximum Gasteiger partial charge on any atom is 0.414 e. The predicted octanol–water partition coefficient (Wildman–Crippen LogP) is 4.60. The molecule has 1 atom stereocenters. The van der Waals surface area contributed by atoms with E-state index in [1.165, 1.54) is 23.1 Å². The topological polar surface area (TPSA) is 141 Å². The van der Waals surface area contributed by atoms with E-state index in [1.54, 1.807) is 43.6 Å². The number of nitrogens with one attached hydrogen (secondary N) is 1. The van der Waals surface area contributed by atoms with Gasteiger partial charge in [0, 0.05) is 28.6 Å². The molecule has 0 radical (unpaired) electrons. The lowest BCUT2D eigenvalue weighted by molar-refractivity contribution is 0.0913. The summed E-state index contributed by atoms with van der Waals surface area (Å²) in [4.78, 5) is 32.7. The van der Waals surface area contributed by atoms with Crippen molar-refractivity contribution in [3.63, 3.8) is 0 Å². The molecule has 0 saturated carbocycles. The van der Waals surface area contributed by atoms with Gasteiger partial charge in [-0.2, -0.15) is 0 Å². The Balaban J connectivity index is 1.42. The quantitative estimate of drug-likeness (QED) is 0.313. The minimum absolute atomic E-state index is 0.00987. The van der Waals surface area contributed by atoms with E-state index in [1.807, 2.05) is 0 Å². The molecule has 1 unspecified atom stereocenters. The molecule has 172 valence electrons. The predicted molar refractivity (Wildman–Crippen MR) is 121 cm³/mol. The van der Waals surface area contributed by atoms with Crippen molar-refractivity contribution in [1.29, 1.82) is 0 Å². The second-order valence-corrected chi connectivity index (χ2v) is 7.57. The molecule has 2 amide bonds. The molecule has 2 N–H and O–H groups in total. The maximum absolute atomic E-state index is 14.7. The molecule has 3 aromatic rings. The first kappa shape index (κ1) is 22.6. The first-order valence-electron chi connectivity index (χ1n) is 10.2.